The third-order valence-electron chi connectivity index (χ3n) is 5.07. The summed E-state index contributed by atoms with van der Waals surface area (Å²) in [5, 5.41) is 0. The van der Waals surface area contributed by atoms with Gasteiger partial charge in [0.25, 0.3) is 5.91 Å². The molecule has 0 aromatic carbocycles. The monoisotopic (exact) mass is 318 g/mol. The predicted molar refractivity (Wildman–Crippen MR) is 87.4 cm³/mol. The number of nitrogens with zero attached hydrogens (tertiary/aromatic N) is 2. The fraction of sp³-hybridized carbons (Fsp3) is 0.667. The number of hydrogen-bond acceptors (Lipinski definition) is 4. The highest BCUT2D eigenvalue weighted by atomic mass is 16.5. The number of amides is 1. The van der Waals surface area contributed by atoms with Crippen molar-refractivity contribution in [2.45, 2.75) is 38.7 Å². The van der Waals surface area contributed by atoms with Crippen molar-refractivity contribution in [1.29, 1.82) is 0 Å². The van der Waals surface area contributed by atoms with Crippen molar-refractivity contribution < 1.29 is 14.3 Å². The highest BCUT2D eigenvalue weighted by Crippen LogP contribution is 2.41. The number of carbonyl (C=O) groups excluding carboxylic acids is 1. The van der Waals surface area contributed by atoms with Crippen LogP contribution >= 0.6 is 0 Å². The molecule has 1 aromatic heterocycles. The molecule has 1 aliphatic heterocycles. The highest BCUT2D eigenvalue weighted by molar-refractivity contribution is 5.94. The van der Waals surface area contributed by atoms with E-state index >= 15 is 0 Å². The molecule has 1 aliphatic carbocycles. The number of rotatable bonds is 4. The van der Waals surface area contributed by atoms with Crippen molar-refractivity contribution in [3.8, 4) is 0 Å². The van der Waals surface area contributed by atoms with Crippen LogP contribution in [0.3, 0.4) is 0 Å². The van der Waals surface area contributed by atoms with E-state index in [4.69, 9.17) is 9.47 Å². The first-order valence-electron chi connectivity index (χ1n) is 8.58. The molecule has 2 atom stereocenters. The second kappa shape index (κ2) is 6.97. The Morgan fingerprint density at radius 1 is 1.52 bits per heavy atom. The maximum absolute atomic E-state index is 12.8. The first-order chi connectivity index (χ1) is 11.1. The predicted octanol–water partition coefficient (Wildman–Crippen LogP) is 2.44. The van der Waals surface area contributed by atoms with Gasteiger partial charge in [0.15, 0.2) is 0 Å². The van der Waals surface area contributed by atoms with Crippen LogP contribution in [0.2, 0.25) is 0 Å². The van der Waals surface area contributed by atoms with E-state index in [9.17, 15) is 4.79 Å². The number of hydrogen-bond donors (Lipinski definition) is 0. The molecule has 2 aliphatic rings. The van der Waals surface area contributed by atoms with E-state index in [-0.39, 0.29) is 11.5 Å². The molecule has 1 saturated carbocycles. The molecule has 0 radical (unpaired) electrons. The topological polar surface area (TPSA) is 51.7 Å². The quantitative estimate of drug-likeness (QED) is 0.855. The minimum Gasteiger partial charge on any atom is -0.381 e. The number of carbonyl (C=O) groups is 1. The van der Waals surface area contributed by atoms with Crippen LogP contribution in [0, 0.1) is 12.8 Å². The summed E-state index contributed by atoms with van der Waals surface area (Å²) in [5.74, 6) is 0.441. The minimum absolute atomic E-state index is 0.0576. The van der Waals surface area contributed by atoms with E-state index in [0.717, 1.165) is 38.2 Å². The van der Waals surface area contributed by atoms with E-state index < -0.39 is 0 Å². The summed E-state index contributed by atoms with van der Waals surface area (Å²) < 4.78 is 11.8. The first kappa shape index (κ1) is 16.4. The average Bonchev–Trinajstić information content (AvgIpc) is 2.94. The zero-order valence-corrected chi connectivity index (χ0v) is 14.1. The van der Waals surface area contributed by atoms with E-state index in [1.54, 1.807) is 6.20 Å². The normalized spacial score (nSPS) is 27.6. The summed E-state index contributed by atoms with van der Waals surface area (Å²) in [5.41, 5.74) is 1.36. The molecule has 0 bridgehead atoms. The molecule has 23 heavy (non-hydrogen) atoms. The smallest absolute Gasteiger partial charge is 0.255 e. The van der Waals surface area contributed by atoms with Gasteiger partial charge in [0.1, 0.15) is 0 Å². The third kappa shape index (κ3) is 3.40. The standard InChI is InChI=1S/C18H26N2O3/c1-3-22-12-16-5-4-8-18(16)13-20(9-10-23-18)17(21)15-7-6-14(2)19-11-15/h6-7,11,16H,3-5,8-10,12-13H2,1-2H3/t16-,18+/m0/s1. The minimum atomic E-state index is -0.221. The zero-order valence-electron chi connectivity index (χ0n) is 14.1. The van der Waals surface area contributed by atoms with Gasteiger partial charge in [-0.2, -0.15) is 0 Å². The van der Waals surface area contributed by atoms with Gasteiger partial charge in [0.2, 0.25) is 0 Å². The SMILES string of the molecule is CCOC[C@@H]1CCC[C@@]12CN(C(=O)c1ccc(C)nc1)CCO2. The Labute approximate surface area is 138 Å². The zero-order chi connectivity index (χ0) is 16.3. The van der Waals surface area contributed by atoms with E-state index in [1.807, 2.05) is 30.9 Å². The summed E-state index contributed by atoms with van der Waals surface area (Å²) in [7, 11) is 0. The first-order valence-corrected chi connectivity index (χ1v) is 8.58. The Balaban J connectivity index is 1.72. The summed E-state index contributed by atoms with van der Waals surface area (Å²) in [6, 6.07) is 3.75. The molecule has 2 fully saturated rings. The number of aryl methyl sites for hydroxylation is 1. The van der Waals surface area contributed by atoms with Gasteiger partial charge < -0.3 is 14.4 Å². The van der Waals surface area contributed by atoms with Gasteiger partial charge in [0.05, 0.1) is 30.9 Å². The van der Waals surface area contributed by atoms with Crippen molar-refractivity contribution in [2.75, 3.05) is 32.9 Å². The van der Waals surface area contributed by atoms with Crippen LogP contribution in [0.1, 0.15) is 42.2 Å². The van der Waals surface area contributed by atoms with Crippen LogP contribution in [0.4, 0.5) is 0 Å². The van der Waals surface area contributed by atoms with Gasteiger partial charge in [-0.05, 0) is 38.8 Å². The van der Waals surface area contributed by atoms with Crippen molar-refractivity contribution in [2.24, 2.45) is 5.92 Å². The summed E-state index contributed by atoms with van der Waals surface area (Å²) in [6.45, 7) is 7.31. The second-order valence-corrected chi connectivity index (χ2v) is 6.58. The Kier molecular flexibility index (Phi) is 4.97. The van der Waals surface area contributed by atoms with Gasteiger partial charge >= 0.3 is 0 Å². The van der Waals surface area contributed by atoms with Crippen LogP contribution < -0.4 is 0 Å². The largest absolute Gasteiger partial charge is 0.381 e. The van der Waals surface area contributed by atoms with Gasteiger partial charge in [-0.25, -0.2) is 0 Å². The van der Waals surface area contributed by atoms with Crippen molar-refractivity contribution in [1.82, 2.24) is 9.88 Å². The molecule has 1 aromatic rings. The van der Waals surface area contributed by atoms with Gasteiger partial charge in [-0.15, -0.1) is 0 Å². The molecule has 0 unspecified atom stereocenters. The van der Waals surface area contributed by atoms with Crippen LogP contribution in [0.25, 0.3) is 0 Å². The summed E-state index contributed by atoms with van der Waals surface area (Å²) in [6.07, 6.45) is 4.95. The van der Waals surface area contributed by atoms with E-state index in [1.165, 1.54) is 0 Å². The lowest BCUT2D eigenvalue weighted by atomic mass is 9.89. The molecule has 1 amide bonds. The molecule has 1 saturated heterocycles. The number of morpholine rings is 1. The van der Waals surface area contributed by atoms with Crippen LogP contribution in [-0.4, -0.2) is 54.3 Å². The number of ether oxygens (including phenoxy) is 2. The number of aromatic nitrogens is 1. The molecule has 126 valence electrons. The summed E-state index contributed by atoms with van der Waals surface area (Å²) in [4.78, 5) is 18.9. The third-order valence-corrected chi connectivity index (χ3v) is 5.07. The highest BCUT2D eigenvalue weighted by Gasteiger charge is 2.47. The van der Waals surface area contributed by atoms with Crippen molar-refractivity contribution >= 4 is 5.91 Å². The molecular weight excluding hydrogens is 292 g/mol. The molecule has 5 heteroatoms. The fourth-order valence-corrected chi connectivity index (χ4v) is 3.77. The molecule has 2 heterocycles. The molecule has 3 rings (SSSR count). The van der Waals surface area contributed by atoms with E-state index in [2.05, 4.69) is 4.98 Å². The van der Waals surface area contributed by atoms with Gasteiger partial charge in [-0.1, -0.05) is 6.42 Å². The van der Waals surface area contributed by atoms with Gasteiger partial charge in [0, 0.05) is 31.0 Å². The van der Waals surface area contributed by atoms with Crippen molar-refractivity contribution in [3.05, 3.63) is 29.6 Å². The van der Waals surface area contributed by atoms with Crippen LogP contribution in [0.15, 0.2) is 18.3 Å². The lowest BCUT2D eigenvalue weighted by Crippen LogP contribution is -2.56. The lowest BCUT2D eigenvalue weighted by Gasteiger charge is -2.44. The Bertz CT molecular complexity index is 546. The van der Waals surface area contributed by atoms with Crippen LogP contribution in [-0.2, 0) is 9.47 Å². The average molecular weight is 318 g/mol. The van der Waals surface area contributed by atoms with Gasteiger partial charge in [-0.3, -0.25) is 9.78 Å². The van der Waals surface area contributed by atoms with Crippen LogP contribution in [0.5, 0.6) is 0 Å². The lowest BCUT2D eigenvalue weighted by molar-refractivity contribution is -0.132. The molecular formula is C18H26N2O3. The molecule has 1 spiro atoms. The van der Waals surface area contributed by atoms with Crippen molar-refractivity contribution in [3.63, 3.8) is 0 Å². The molecule has 5 nitrogen and oxygen atoms in total. The Hall–Kier alpha value is -1.46. The fourth-order valence-electron chi connectivity index (χ4n) is 3.77. The number of pyridine rings is 1. The maximum atomic E-state index is 12.8. The Morgan fingerprint density at radius 2 is 2.39 bits per heavy atom. The Morgan fingerprint density at radius 3 is 3.13 bits per heavy atom. The van der Waals surface area contributed by atoms with E-state index in [0.29, 0.717) is 31.2 Å². The summed E-state index contributed by atoms with van der Waals surface area (Å²) >= 11 is 0. The maximum Gasteiger partial charge on any atom is 0.255 e. The molecule has 0 N–H and O–H groups in total. The second-order valence-electron chi connectivity index (χ2n) is 6.58.